The van der Waals surface area contributed by atoms with E-state index in [9.17, 15) is 18.4 Å². The zero-order valence-corrected chi connectivity index (χ0v) is 18.2. The molecule has 0 unspecified atom stereocenters. The molecule has 1 N–H and O–H groups in total. The molecule has 0 saturated carbocycles. The van der Waals surface area contributed by atoms with Gasteiger partial charge >= 0.3 is 0 Å². The number of nitrogens with one attached hydrogen (secondary N) is 1. The van der Waals surface area contributed by atoms with Crippen molar-refractivity contribution >= 4 is 33.4 Å². The van der Waals surface area contributed by atoms with Gasteiger partial charge in [0.2, 0.25) is 0 Å². The van der Waals surface area contributed by atoms with Crippen LogP contribution in [-0.4, -0.2) is 27.4 Å². The Morgan fingerprint density at radius 3 is 2.47 bits per heavy atom. The lowest BCUT2D eigenvalue weighted by atomic mass is 10.1. The second-order valence-corrected chi connectivity index (χ2v) is 7.64. The van der Waals surface area contributed by atoms with Crippen molar-refractivity contribution in [1.82, 2.24) is 14.3 Å². The monoisotopic (exact) mass is 460 g/mol. The molecule has 170 valence electrons. The van der Waals surface area contributed by atoms with Gasteiger partial charge < -0.3 is 14.6 Å². The van der Waals surface area contributed by atoms with Crippen LogP contribution in [0.4, 0.5) is 14.5 Å². The van der Waals surface area contributed by atoms with Crippen molar-refractivity contribution in [3.8, 4) is 11.4 Å². The molecule has 0 aliphatic heterocycles. The van der Waals surface area contributed by atoms with E-state index < -0.39 is 23.1 Å². The zero-order valence-electron chi connectivity index (χ0n) is 18.2. The van der Waals surface area contributed by atoms with Crippen molar-refractivity contribution in [2.75, 3.05) is 12.4 Å². The predicted molar refractivity (Wildman–Crippen MR) is 125 cm³/mol. The number of para-hydroxylation sites is 1. The minimum Gasteiger partial charge on any atom is -0.497 e. The van der Waals surface area contributed by atoms with Crippen LogP contribution in [0.1, 0.15) is 10.5 Å². The fourth-order valence-corrected chi connectivity index (χ4v) is 4.01. The minimum absolute atomic E-state index is 0.0778. The Morgan fingerprint density at radius 2 is 1.76 bits per heavy atom. The first kappa shape index (κ1) is 21.3. The molecule has 5 rings (SSSR count). The van der Waals surface area contributed by atoms with Crippen molar-refractivity contribution in [3.05, 3.63) is 94.4 Å². The van der Waals surface area contributed by atoms with Gasteiger partial charge in [-0.1, -0.05) is 18.2 Å². The zero-order chi connectivity index (χ0) is 24.0. The fraction of sp³-hybridized carbons (Fsp3) is 0.0800. The highest BCUT2D eigenvalue weighted by molar-refractivity contribution is 6.19. The van der Waals surface area contributed by atoms with Crippen LogP contribution < -0.4 is 15.6 Å². The number of hydrogen-bond donors (Lipinski definition) is 1. The van der Waals surface area contributed by atoms with E-state index in [1.807, 2.05) is 12.1 Å². The highest BCUT2D eigenvalue weighted by Gasteiger charge is 2.24. The Kier molecular flexibility index (Phi) is 5.09. The topological polar surface area (TPSA) is 78.2 Å². The number of ether oxygens (including phenoxy) is 1. The summed E-state index contributed by atoms with van der Waals surface area (Å²) in [5.41, 5.74) is 0.695. The molecule has 2 heterocycles. The quantitative estimate of drug-likeness (QED) is 0.431. The van der Waals surface area contributed by atoms with E-state index in [1.54, 1.807) is 48.0 Å². The lowest BCUT2D eigenvalue weighted by Crippen LogP contribution is -2.27. The van der Waals surface area contributed by atoms with Gasteiger partial charge in [0.15, 0.2) is 5.69 Å². The number of nitrogens with zero attached hydrogens (tertiary/aromatic N) is 3. The normalized spacial score (nSPS) is 11.2. The van der Waals surface area contributed by atoms with Gasteiger partial charge in [-0.3, -0.25) is 9.59 Å². The van der Waals surface area contributed by atoms with E-state index in [-0.39, 0.29) is 16.9 Å². The van der Waals surface area contributed by atoms with Crippen molar-refractivity contribution in [3.63, 3.8) is 0 Å². The molecule has 0 spiro atoms. The summed E-state index contributed by atoms with van der Waals surface area (Å²) in [6.07, 6.45) is 0. The van der Waals surface area contributed by atoms with Crippen LogP contribution in [0, 0.1) is 11.6 Å². The van der Waals surface area contributed by atoms with Gasteiger partial charge in [0.25, 0.3) is 11.5 Å². The molecule has 34 heavy (non-hydrogen) atoms. The van der Waals surface area contributed by atoms with Crippen LogP contribution in [0.15, 0.2) is 71.5 Å². The lowest BCUT2D eigenvalue weighted by molar-refractivity contribution is 0.102. The standard InChI is InChI=1S/C25H18F2N4O3/c1-30-20-6-4-3-5-17(20)21-22(24(32)28-19-12-7-14(26)13-18(19)27)29-31(25(33)23(21)30)15-8-10-16(34-2)11-9-15/h3-13H,1-2H3,(H,28,32). The van der Waals surface area contributed by atoms with Gasteiger partial charge in [0.05, 0.1) is 18.5 Å². The molecule has 0 aliphatic rings. The molecule has 0 radical (unpaired) electrons. The van der Waals surface area contributed by atoms with Gasteiger partial charge in [-0.15, -0.1) is 0 Å². The average Bonchev–Trinajstić information content (AvgIpc) is 3.14. The second-order valence-electron chi connectivity index (χ2n) is 7.64. The molecule has 1 amide bonds. The number of rotatable bonds is 4. The number of carbonyl (C=O) groups excluding carboxylic acids is 1. The summed E-state index contributed by atoms with van der Waals surface area (Å²) in [6.45, 7) is 0. The van der Waals surface area contributed by atoms with Crippen LogP contribution in [-0.2, 0) is 7.05 Å². The first-order chi connectivity index (χ1) is 16.4. The molecule has 5 aromatic rings. The van der Waals surface area contributed by atoms with E-state index in [2.05, 4.69) is 10.4 Å². The Bertz CT molecular complexity index is 1640. The van der Waals surface area contributed by atoms with Crippen LogP contribution in [0.5, 0.6) is 5.75 Å². The van der Waals surface area contributed by atoms with E-state index >= 15 is 0 Å². The Hall–Kier alpha value is -4.53. The third kappa shape index (κ3) is 3.38. The number of methoxy groups -OCH3 is 1. The van der Waals surface area contributed by atoms with Crippen LogP contribution in [0.2, 0.25) is 0 Å². The van der Waals surface area contributed by atoms with Crippen LogP contribution >= 0.6 is 0 Å². The Labute approximate surface area is 191 Å². The van der Waals surface area contributed by atoms with Gasteiger partial charge in [-0.2, -0.15) is 9.78 Å². The summed E-state index contributed by atoms with van der Waals surface area (Å²) in [7, 11) is 3.25. The molecule has 0 atom stereocenters. The maximum absolute atomic E-state index is 14.2. The van der Waals surface area contributed by atoms with Gasteiger partial charge in [-0.05, 0) is 42.5 Å². The number of carbonyl (C=O) groups is 1. The molecular weight excluding hydrogens is 442 g/mol. The smallest absolute Gasteiger partial charge is 0.296 e. The molecule has 0 bridgehead atoms. The van der Waals surface area contributed by atoms with E-state index in [0.717, 1.165) is 22.3 Å². The van der Waals surface area contributed by atoms with Crippen molar-refractivity contribution in [2.45, 2.75) is 0 Å². The molecule has 0 aliphatic carbocycles. The first-order valence-corrected chi connectivity index (χ1v) is 10.3. The lowest BCUT2D eigenvalue weighted by Gasteiger charge is -2.11. The van der Waals surface area contributed by atoms with E-state index in [0.29, 0.717) is 28.3 Å². The average molecular weight is 460 g/mol. The van der Waals surface area contributed by atoms with Gasteiger partial charge in [-0.25, -0.2) is 8.78 Å². The van der Waals surface area contributed by atoms with Gasteiger partial charge in [0, 0.05) is 29.4 Å². The summed E-state index contributed by atoms with van der Waals surface area (Å²) >= 11 is 0. The van der Waals surface area contributed by atoms with Crippen LogP contribution in [0.3, 0.4) is 0 Å². The third-order valence-corrected chi connectivity index (χ3v) is 5.65. The molecule has 9 heteroatoms. The van der Waals surface area contributed by atoms with Gasteiger partial charge in [0.1, 0.15) is 22.9 Å². The summed E-state index contributed by atoms with van der Waals surface area (Å²) < 4.78 is 35.5. The number of aromatic nitrogens is 3. The predicted octanol–water partition coefficient (Wildman–Crippen LogP) is 4.42. The van der Waals surface area contributed by atoms with Crippen LogP contribution in [0.25, 0.3) is 27.5 Å². The van der Waals surface area contributed by atoms with E-state index in [1.165, 1.54) is 7.11 Å². The first-order valence-electron chi connectivity index (χ1n) is 10.3. The molecular formula is C25H18F2N4O3. The number of halogens is 2. The maximum Gasteiger partial charge on any atom is 0.296 e. The Morgan fingerprint density at radius 1 is 1.03 bits per heavy atom. The van der Waals surface area contributed by atoms with Crippen molar-refractivity contribution in [2.24, 2.45) is 7.05 Å². The summed E-state index contributed by atoms with van der Waals surface area (Å²) in [5.74, 6) is -1.84. The summed E-state index contributed by atoms with van der Waals surface area (Å²) in [6, 6.07) is 16.7. The molecule has 0 saturated heterocycles. The number of amides is 1. The molecule has 2 aromatic heterocycles. The minimum atomic E-state index is -0.925. The Balaban J connectivity index is 1.78. The second kappa shape index (κ2) is 8.11. The highest BCUT2D eigenvalue weighted by atomic mass is 19.1. The summed E-state index contributed by atoms with van der Waals surface area (Å²) in [5, 5.41) is 7.81. The number of aryl methyl sites for hydroxylation is 1. The highest BCUT2D eigenvalue weighted by Crippen LogP contribution is 2.29. The molecule has 7 nitrogen and oxygen atoms in total. The number of hydrogen-bond acceptors (Lipinski definition) is 4. The number of anilines is 1. The number of fused-ring (bicyclic) bond motifs is 3. The molecule has 0 fully saturated rings. The van der Waals surface area contributed by atoms with Crippen molar-refractivity contribution < 1.29 is 18.3 Å². The molecule has 3 aromatic carbocycles. The summed E-state index contributed by atoms with van der Waals surface area (Å²) in [4.78, 5) is 26.8. The van der Waals surface area contributed by atoms with Crippen molar-refractivity contribution in [1.29, 1.82) is 0 Å². The SMILES string of the molecule is COc1ccc(-n2nc(C(=O)Nc3ccc(F)cc3F)c3c4ccccc4n(C)c3c2=O)cc1. The van der Waals surface area contributed by atoms with E-state index in [4.69, 9.17) is 4.74 Å². The number of benzene rings is 3. The largest absolute Gasteiger partial charge is 0.497 e. The fourth-order valence-electron chi connectivity index (χ4n) is 4.01. The maximum atomic E-state index is 14.2. The third-order valence-electron chi connectivity index (χ3n) is 5.65.